The third kappa shape index (κ3) is 3.57. The summed E-state index contributed by atoms with van der Waals surface area (Å²) >= 11 is 0. The minimum absolute atomic E-state index is 0.111. The fourth-order valence-electron chi connectivity index (χ4n) is 3.35. The highest BCUT2D eigenvalue weighted by Gasteiger charge is 2.29. The van der Waals surface area contributed by atoms with Crippen LogP contribution >= 0.6 is 0 Å². The molecule has 0 radical (unpaired) electrons. The van der Waals surface area contributed by atoms with Gasteiger partial charge in [-0.2, -0.15) is 10.1 Å². The number of carbonyl (C=O) groups excluding carboxylic acids is 1. The van der Waals surface area contributed by atoms with Crippen molar-refractivity contribution in [1.82, 2.24) is 15.2 Å². The second-order valence-corrected chi connectivity index (χ2v) is 6.58. The van der Waals surface area contributed by atoms with Gasteiger partial charge in [-0.15, -0.1) is 5.10 Å². The zero-order valence-corrected chi connectivity index (χ0v) is 15.2. The largest absolute Gasteiger partial charge is 0.339 e. The Balaban J connectivity index is 1.60. The van der Waals surface area contributed by atoms with Crippen LogP contribution in [0, 0.1) is 0 Å². The zero-order valence-electron chi connectivity index (χ0n) is 15.2. The van der Waals surface area contributed by atoms with Gasteiger partial charge in [-0.1, -0.05) is 24.3 Å². The number of nitrogens with zero attached hydrogens (tertiary/aromatic N) is 4. The fourth-order valence-corrected chi connectivity index (χ4v) is 3.35. The molecule has 2 heterocycles. The summed E-state index contributed by atoms with van der Waals surface area (Å²) in [5.41, 5.74) is 3.94. The normalized spacial score (nSPS) is 15.3. The number of hydrogen-bond acceptors (Lipinski definition) is 6. The number of amides is 1. The van der Waals surface area contributed by atoms with Crippen LogP contribution in [0.2, 0.25) is 0 Å². The Bertz CT molecular complexity index is 989. The number of benzene rings is 2. The molecule has 136 valence electrons. The Labute approximate surface area is 157 Å². The van der Waals surface area contributed by atoms with Crippen molar-refractivity contribution in [3.63, 3.8) is 0 Å². The topological polar surface area (TPSA) is 83.0 Å². The highest BCUT2D eigenvalue weighted by Crippen LogP contribution is 2.36. The van der Waals surface area contributed by atoms with Gasteiger partial charge in [0.25, 0.3) is 5.95 Å². The molecule has 0 fully saturated rings. The van der Waals surface area contributed by atoms with Crippen molar-refractivity contribution in [3.05, 3.63) is 60.3 Å². The lowest BCUT2D eigenvalue weighted by Crippen LogP contribution is -2.26. The first-order valence-electron chi connectivity index (χ1n) is 8.82. The second-order valence-electron chi connectivity index (χ2n) is 6.58. The average Bonchev–Trinajstić information content (AvgIpc) is 2.97. The average molecular weight is 360 g/mol. The molecule has 0 spiro atoms. The van der Waals surface area contributed by atoms with Crippen molar-refractivity contribution in [1.29, 1.82) is 0 Å². The van der Waals surface area contributed by atoms with Crippen molar-refractivity contribution < 1.29 is 4.79 Å². The molecule has 0 saturated heterocycles. The highest BCUT2D eigenvalue weighted by molar-refractivity contribution is 5.89. The Morgan fingerprint density at radius 2 is 1.96 bits per heavy atom. The maximum absolute atomic E-state index is 11.2. The second kappa shape index (κ2) is 7.03. The van der Waals surface area contributed by atoms with E-state index >= 15 is 0 Å². The SMILES string of the molecule is CC(=O)Nc1cccc(Nc2cnnc(N3c4ccccc4CC3C)n2)c1. The summed E-state index contributed by atoms with van der Waals surface area (Å²) in [4.78, 5) is 18.0. The highest BCUT2D eigenvalue weighted by atomic mass is 16.1. The molecule has 1 aromatic heterocycles. The first-order valence-corrected chi connectivity index (χ1v) is 8.82. The van der Waals surface area contributed by atoms with Gasteiger partial charge in [0.15, 0.2) is 5.82 Å². The van der Waals surface area contributed by atoms with Gasteiger partial charge >= 0.3 is 0 Å². The van der Waals surface area contributed by atoms with Crippen LogP contribution in [0.4, 0.5) is 28.8 Å². The minimum Gasteiger partial charge on any atom is -0.339 e. The van der Waals surface area contributed by atoms with Crippen molar-refractivity contribution >= 4 is 34.7 Å². The molecule has 4 rings (SSSR count). The third-order valence-electron chi connectivity index (χ3n) is 4.43. The van der Waals surface area contributed by atoms with Crippen LogP contribution in [0.5, 0.6) is 0 Å². The van der Waals surface area contributed by atoms with Gasteiger partial charge in [0.05, 0.1) is 6.20 Å². The van der Waals surface area contributed by atoms with Crippen LogP contribution in [-0.2, 0) is 11.2 Å². The minimum atomic E-state index is -0.111. The van der Waals surface area contributed by atoms with Gasteiger partial charge in [0, 0.05) is 30.0 Å². The molecule has 7 heteroatoms. The Kier molecular flexibility index (Phi) is 4.42. The van der Waals surface area contributed by atoms with Crippen LogP contribution in [0.25, 0.3) is 0 Å². The Hall–Kier alpha value is -3.48. The number of carbonyl (C=O) groups is 1. The van der Waals surface area contributed by atoms with E-state index in [1.807, 2.05) is 36.4 Å². The zero-order chi connectivity index (χ0) is 18.8. The van der Waals surface area contributed by atoms with Crippen molar-refractivity contribution in [2.45, 2.75) is 26.3 Å². The Morgan fingerprint density at radius 1 is 1.15 bits per heavy atom. The third-order valence-corrected chi connectivity index (χ3v) is 4.43. The molecule has 2 aromatic carbocycles. The predicted molar refractivity (Wildman–Crippen MR) is 106 cm³/mol. The number of nitrogens with one attached hydrogen (secondary N) is 2. The van der Waals surface area contributed by atoms with Crippen LogP contribution in [0.3, 0.4) is 0 Å². The monoisotopic (exact) mass is 360 g/mol. The molecule has 3 aromatic rings. The molecule has 0 aliphatic carbocycles. The number of hydrogen-bond donors (Lipinski definition) is 2. The van der Waals surface area contributed by atoms with E-state index in [1.165, 1.54) is 12.5 Å². The van der Waals surface area contributed by atoms with Gasteiger partial charge < -0.3 is 15.5 Å². The summed E-state index contributed by atoms with van der Waals surface area (Å²) in [6.45, 7) is 3.64. The van der Waals surface area contributed by atoms with Gasteiger partial charge in [-0.25, -0.2) is 0 Å². The quantitative estimate of drug-likeness (QED) is 0.739. The molecule has 1 aliphatic rings. The van der Waals surface area contributed by atoms with Crippen molar-refractivity contribution in [2.24, 2.45) is 0 Å². The van der Waals surface area contributed by atoms with E-state index in [9.17, 15) is 4.79 Å². The smallest absolute Gasteiger partial charge is 0.252 e. The van der Waals surface area contributed by atoms with Crippen molar-refractivity contribution in [2.75, 3.05) is 15.5 Å². The fraction of sp³-hybridized carbons (Fsp3) is 0.200. The molecule has 1 unspecified atom stereocenters. The maximum atomic E-state index is 11.2. The summed E-state index contributed by atoms with van der Waals surface area (Å²) in [6, 6.07) is 16.0. The standard InChI is InChI=1S/C20H20N6O/c1-13-10-15-6-3-4-9-18(15)26(13)20-24-19(12-21-25-20)23-17-8-5-7-16(11-17)22-14(2)27/h3-9,11-13H,10H2,1-2H3,(H,22,27)(H,23,24,25). The lowest BCUT2D eigenvalue weighted by Gasteiger charge is -2.22. The molecule has 2 N–H and O–H groups in total. The van der Waals surface area contributed by atoms with Crippen molar-refractivity contribution in [3.8, 4) is 0 Å². The molecule has 27 heavy (non-hydrogen) atoms. The molecule has 1 aliphatic heterocycles. The number of rotatable bonds is 4. The summed E-state index contributed by atoms with van der Waals surface area (Å²) in [7, 11) is 0. The van der Waals surface area contributed by atoms with Crippen LogP contribution in [-0.4, -0.2) is 27.1 Å². The number of fused-ring (bicyclic) bond motifs is 1. The summed E-state index contributed by atoms with van der Waals surface area (Å²) in [5, 5.41) is 14.4. The van der Waals surface area contributed by atoms with Gasteiger partial charge in [0.2, 0.25) is 5.91 Å². The summed E-state index contributed by atoms with van der Waals surface area (Å²) in [5.74, 6) is 1.05. The molecule has 1 atom stereocenters. The first-order chi connectivity index (χ1) is 13.1. The van der Waals surface area contributed by atoms with Crippen LogP contribution < -0.4 is 15.5 Å². The number of anilines is 5. The van der Waals surface area contributed by atoms with Crippen LogP contribution in [0.1, 0.15) is 19.4 Å². The van der Waals surface area contributed by atoms with Gasteiger partial charge in [-0.3, -0.25) is 4.79 Å². The van der Waals surface area contributed by atoms with E-state index in [1.54, 1.807) is 6.20 Å². The van der Waals surface area contributed by atoms with E-state index < -0.39 is 0 Å². The van der Waals surface area contributed by atoms with Gasteiger partial charge in [0.1, 0.15) is 0 Å². The molecule has 0 bridgehead atoms. The Morgan fingerprint density at radius 3 is 2.81 bits per heavy atom. The van der Waals surface area contributed by atoms with Crippen LogP contribution in [0.15, 0.2) is 54.7 Å². The van der Waals surface area contributed by atoms with E-state index in [0.29, 0.717) is 11.8 Å². The summed E-state index contributed by atoms with van der Waals surface area (Å²) in [6.07, 6.45) is 2.54. The van der Waals surface area contributed by atoms with Gasteiger partial charge in [-0.05, 0) is 43.2 Å². The summed E-state index contributed by atoms with van der Waals surface area (Å²) < 4.78 is 0. The predicted octanol–water partition coefficient (Wildman–Crippen LogP) is 3.66. The molecular weight excluding hydrogens is 340 g/mol. The number of para-hydroxylation sites is 1. The molecule has 1 amide bonds. The first kappa shape index (κ1) is 17.0. The van der Waals surface area contributed by atoms with E-state index in [2.05, 4.69) is 49.8 Å². The number of aromatic nitrogens is 3. The molecular formula is C20H20N6O. The maximum Gasteiger partial charge on any atom is 0.252 e. The lowest BCUT2D eigenvalue weighted by atomic mass is 10.1. The van der Waals surface area contributed by atoms with E-state index in [0.717, 1.165) is 23.5 Å². The lowest BCUT2D eigenvalue weighted by molar-refractivity contribution is -0.114. The molecule has 7 nitrogen and oxygen atoms in total. The molecule has 0 saturated carbocycles. The van der Waals surface area contributed by atoms with E-state index in [-0.39, 0.29) is 11.9 Å². The van der Waals surface area contributed by atoms with E-state index in [4.69, 9.17) is 0 Å².